The van der Waals surface area contributed by atoms with E-state index in [-0.39, 0.29) is 17.2 Å². The summed E-state index contributed by atoms with van der Waals surface area (Å²) < 4.78 is 6.79. The summed E-state index contributed by atoms with van der Waals surface area (Å²) in [6.45, 7) is 5.12. The second-order valence-electron chi connectivity index (χ2n) is 7.14. The van der Waals surface area contributed by atoms with Gasteiger partial charge >= 0.3 is 0 Å². The van der Waals surface area contributed by atoms with E-state index in [1.165, 1.54) is 4.68 Å². The Morgan fingerprint density at radius 3 is 2.63 bits per heavy atom. The van der Waals surface area contributed by atoms with Gasteiger partial charge in [0.1, 0.15) is 0 Å². The first-order valence-electron chi connectivity index (χ1n) is 10.0. The molecule has 1 saturated heterocycles. The maximum absolute atomic E-state index is 13.3. The maximum Gasteiger partial charge on any atom is 0.276 e. The molecule has 1 aromatic heterocycles. The highest BCUT2D eigenvalue weighted by Crippen LogP contribution is 2.30. The Morgan fingerprint density at radius 2 is 1.90 bits per heavy atom. The molecule has 1 aliphatic rings. The van der Waals surface area contributed by atoms with Gasteiger partial charge in [0.15, 0.2) is 5.69 Å². The number of hydrogen-bond donors (Lipinski definition) is 1. The van der Waals surface area contributed by atoms with Gasteiger partial charge in [-0.25, -0.2) is 4.68 Å². The summed E-state index contributed by atoms with van der Waals surface area (Å²) in [7, 11) is 0. The van der Waals surface area contributed by atoms with E-state index >= 15 is 0 Å². The molecule has 0 radical (unpaired) electrons. The van der Waals surface area contributed by atoms with E-state index in [9.17, 15) is 9.59 Å². The van der Waals surface area contributed by atoms with E-state index in [1.54, 1.807) is 36.4 Å². The number of nitrogens with one attached hydrogen (secondary N) is 1. The number of anilines is 2. The third kappa shape index (κ3) is 4.04. The van der Waals surface area contributed by atoms with Crippen LogP contribution in [0.4, 0.5) is 11.4 Å². The molecule has 4 rings (SSSR count). The topological polar surface area (TPSA) is 76.5 Å². The van der Waals surface area contributed by atoms with Gasteiger partial charge in [-0.3, -0.25) is 9.59 Å². The molecule has 8 heteroatoms. The Labute approximate surface area is 179 Å². The van der Waals surface area contributed by atoms with Crippen molar-refractivity contribution in [2.75, 3.05) is 36.5 Å². The molecule has 0 spiro atoms. The second-order valence-corrected chi connectivity index (χ2v) is 7.57. The molecule has 0 saturated carbocycles. The SMILES string of the molecule is CCCn1nc(C(=O)Nc2cc(Cl)ccc2N2CCOCC2)c2ccccc2c1=O. The van der Waals surface area contributed by atoms with Crippen LogP contribution in [0.1, 0.15) is 23.8 Å². The molecule has 1 fully saturated rings. The summed E-state index contributed by atoms with van der Waals surface area (Å²) in [6.07, 6.45) is 0.738. The maximum atomic E-state index is 13.3. The van der Waals surface area contributed by atoms with E-state index in [2.05, 4.69) is 15.3 Å². The molecule has 156 valence electrons. The van der Waals surface area contributed by atoms with Crippen LogP contribution in [0.3, 0.4) is 0 Å². The van der Waals surface area contributed by atoms with Crippen molar-refractivity contribution >= 4 is 39.7 Å². The van der Waals surface area contributed by atoms with Crippen LogP contribution in [-0.4, -0.2) is 42.0 Å². The molecule has 0 aliphatic carbocycles. The van der Waals surface area contributed by atoms with Crippen molar-refractivity contribution in [3.8, 4) is 0 Å². The largest absolute Gasteiger partial charge is 0.378 e. The lowest BCUT2D eigenvalue weighted by Gasteiger charge is -2.30. The number of benzene rings is 2. The van der Waals surface area contributed by atoms with Crippen LogP contribution < -0.4 is 15.8 Å². The minimum atomic E-state index is -0.382. The second kappa shape index (κ2) is 8.85. The highest BCUT2D eigenvalue weighted by Gasteiger charge is 2.20. The molecule has 3 aromatic rings. The van der Waals surface area contributed by atoms with Crippen LogP contribution in [0.15, 0.2) is 47.3 Å². The van der Waals surface area contributed by atoms with Gasteiger partial charge < -0.3 is 15.0 Å². The number of carbonyl (C=O) groups excluding carboxylic acids is 1. The highest BCUT2D eigenvalue weighted by molar-refractivity contribution is 6.31. The van der Waals surface area contributed by atoms with Crippen LogP contribution in [0.5, 0.6) is 0 Å². The number of carbonyl (C=O) groups is 1. The van der Waals surface area contributed by atoms with Gasteiger partial charge in [-0.1, -0.05) is 36.7 Å². The predicted molar refractivity (Wildman–Crippen MR) is 119 cm³/mol. The first-order valence-corrected chi connectivity index (χ1v) is 10.4. The number of halogens is 1. The fourth-order valence-corrected chi connectivity index (χ4v) is 3.81. The number of rotatable bonds is 5. The summed E-state index contributed by atoms with van der Waals surface area (Å²) in [5.41, 5.74) is 1.50. The third-order valence-corrected chi connectivity index (χ3v) is 5.31. The molecular weight excluding hydrogens is 404 g/mol. The molecule has 2 aromatic carbocycles. The number of morpholine rings is 1. The Kier molecular flexibility index (Phi) is 6.01. The van der Waals surface area contributed by atoms with E-state index < -0.39 is 0 Å². The summed E-state index contributed by atoms with van der Waals surface area (Å²) in [5, 5.41) is 8.87. The van der Waals surface area contributed by atoms with Gasteiger partial charge in [-0.15, -0.1) is 0 Å². The van der Waals surface area contributed by atoms with Gasteiger partial charge in [0.05, 0.1) is 30.0 Å². The molecular formula is C22H23ClN4O3. The van der Waals surface area contributed by atoms with E-state index in [1.807, 2.05) is 13.0 Å². The molecule has 30 heavy (non-hydrogen) atoms. The summed E-state index contributed by atoms with van der Waals surface area (Å²) >= 11 is 6.21. The van der Waals surface area contributed by atoms with Crippen LogP contribution in [0.25, 0.3) is 10.8 Å². The molecule has 7 nitrogen and oxygen atoms in total. The van der Waals surface area contributed by atoms with Gasteiger partial charge in [0.2, 0.25) is 0 Å². The van der Waals surface area contributed by atoms with Crippen LogP contribution in [0, 0.1) is 0 Å². The smallest absolute Gasteiger partial charge is 0.276 e. The molecule has 2 heterocycles. The van der Waals surface area contributed by atoms with E-state index in [0.29, 0.717) is 41.2 Å². The van der Waals surface area contributed by atoms with E-state index in [0.717, 1.165) is 25.2 Å². The van der Waals surface area contributed by atoms with Crippen molar-refractivity contribution in [3.05, 3.63) is 63.5 Å². The van der Waals surface area contributed by atoms with E-state index in [4.69, 9.17) is 16.3 Å². The Bertz CT molecular complexity index is 1140. The van der Waals surface area contributed by atoms with Crippen molar-refractivity contribution in [1.82, 2.24) is 9.78 Å². The lowest BCUT2D eigenvalue weighted by Crippen LogP contribution is -2.36. The number of hydrogen-bond acceptors (Lipinski definition) is 5. The van der Waals surface area contributed by atoms with Crippen molar-refractivity contribution in [2.24, 2.45) is 0 Å². The molecule has 1 N–H and O–H groups in total. The normalized spacial score (nSPS) is 14.1. The summed E-state index contributed by atoms with van der Waals surface area (Å²) in [5.74, 6) is -0.382. The monoisotopic (exact) mass is 426 g/mol. The Balaban J connectivity index is 1.75. The lowest BCUT2D eigenvalue weighted by atomic mass is 10.1. The van der Waals surface area contributed by atoms with Crippen LogP contribution in [0.2, 0.25) is 5.02 Å². The van der Waals surface area contributed by atoms with Crippen molar-refractivity contribution < 1.29 is 9.53 Å². The fraction of sp³-hybridized carbons (Fsp3) is 0.318. The quantitative estimate of drug-likeness (QED) is 0.675. The molecule has 0 atom stereocenters. The van der Waals surface area contributed by atoms with Gasteiger partial charge in [0.25, 0.3) is 11.5 Å². The predicted octanol–water partition coefficient (Wildman–Crippen LogP) is 3.55. The zero-order chi connectivity index (χ0) is 21.1. The standard InChI is InChI=1S/C22H23ClN4O3/c1-2-9-27-22(29)17-6-4-3-5-16(17)20(25-27)21(28)24-18-14-15(23)7-8-19(18)26-10-12-30-13-11-26/h3-8,14H,2,9-13H2,1H3,(H,24,28). The number of nitrogens with zero attached hydrogens (tertiary/aromatic N) is 3. The number of aromatic nitrogens is 2. The van der Waals surface area contributed by atoms with Crippen LogP contribution in [-0.2, 0) is 11.3 Å². The molecule has 1 aliphatic heterocycles. The number of aryl methyl sites for hydroxylation is 1. The zero-order valence-electron chi connectivity index (χ0n) is 16.7. The number of amides is 1. The summed E-state index contributed by atoms with van der Waals surface area (Å²) in [4.78, 5) is 28.1. The minimum Gasteiger partial charge on any atom is -0.378 e. The van der Waals surface area contributed by atoms with Crippen molar-refractivity contribution in [1.29, 1.82) is 0 Å². The van der Waals surface area contributed by atoms with Gasteiger partial charge in [-0.05, 0) is 30.7 Å². The number of ether oxygens (including phenoxy) is 1. The van der Waals surface area contributed by atoms with Crippen molar-refractivity contribution in [3.63, 3.8) is 0 Å². The minimum absolute atomic E-state index is 0.194. The molecule has 0 unspecified atom stereocenters. The van der Waals surface area contributed by atoms with Crippen LogP contribution >= 0.6 is 11.6 Å². The lowest BCUT2D eigenvalue weighted by molar-refractivity contribution is 0.102. The average molecular weight is 427 g/mol. The summed E-state index contributed by atoms with van der Waals surface area (Å²) in [6, 6.07) is 12.5. The molecule has 1 amide bonds. The first kappa shape index (κ1) is 20.4. The van der Waals surface area contributed by atoms with Crippen molar-refractivity contribution in [2.45, 2.75) is 19.9 Å². The Morgan fingerprint density at radius 1 is 1.17 bits per heavy atom. The molecule has 0 bridgehead atoms. The zero-order valence-corrected chi connectivity index (χ0v) is 17.5. The highest BCUT2D eigenvalue weighted by atomic mass is 35.5. The fourth-order valence-electron chi connectivity index (χ4n) is 3.64. The average Bonchev–Trinajstić information content (AvgIpc) is 2.76. The van der Waals surface area contributed by atoms with Gasteiger partial charge in [-0.2, -0.15) is 5.10 Å². The van der Waals surface area contributed by atoms with Gasteiger partial charge in [0, 0.05) is 30.0 Å². The number of fused-ring (bicyclic) bond motifs is 1. The third-order valence-electron chi connectivity index (χ3n) is 5.08. The Hall–Kier alpha value is -2.90. The first-order chi connectivity index (χ1) is 14.6.